The van der Waals surface area contributed by atoms with Crippen LogP contribution >= 0.6 is 0 Å². The van der Waals surface area contributed by atoms with Gasteiger partial charge in [-0.1, -0.05) is 0 Å². The Kier molecular flexibility index (Phi) is 2.90. The number of halogens is 2. The summed E-state index contributed by atoms with van der Waals surface area (Å²) < 4.78 is 32.3. The summed E-state index contributed by atoms with van der Waals surface area (Å²) >= 11 is 0. The van der Waals surface area contributed by atoms with Crippen molar-refractivity contribution in [3.63, 3.8) is 0 Å². The lowest BCUT2D eigenvalue weighted by atomic mass is 9.98. The van der Waals surface area contributed by atoms with Gasteiger partial charge in [0.2, 0.25) is 0 Å². The summed E-state index contributed by atoms with van der Waals surface area (Å²) in [5, 5.41) is 0. The van der Waals surface area contributed by atoms with Crippen LogP contribution in [0.2, 0.25) is 0 Å². The molecular weight excluding hydrogens is 214 g/mol. The Morgan fingerprint density at radius 1 is 1.44 bits per heavy atom. The van der Waals surface area contributed by atoms with Crippen LogP contribution in [0.15, 0.2) is 6.07 Å². The largest absolute Gasteiger partial charge is 0.493 e. The maximum absolute atomic E-state index is 13.5. The molecule has 0 saturated carbocycles. The van der Waals surface area contributed by atoms with Crippen LogP contribution in [0.25, 0.3) is 0 Å². The van der Waals surface area contributed by atoms with Gasteiger partial charge in [0.25, 0.3) is 0 Å². The molecule has 0 atom stereocenters. The molecule has 0 spiro atoms. The van der Waals surface area contributed by atoms with E-state index in [9.17, 15) is 13.6 Å². The molecule has 1 aliphatic heterocycles. The Labute approximate surface area is 92.2 Å². The smallest absolute Gasteiger partial charge is 0.134 e. The van der Waals surface area contributed by atoms with Crippen molar-refractivity contribution in [2.45, 2.75) is 26.2 Å². The van der Waals surface area contributed by atoms with Crippen molar-refractivity contribution in [2.75, 3.05) is 6.61 Å². The average Bonchev–Trinajstić information content (AvgIpc) is 2.24. The van der Waals surface area contributed by atoms with Crippen LogP contribution in [0, 0.1) is 11.6 Å². The predicted molar refractivity (Wildman–Crippen MR) is 54.6 cm³/mol. The van der Waals surface area contributed by atoms with Crippen molar-refractivity contribution >= 4 is 5.78 Å². The second-order valence-corrected chi connectivity index (χ2v) is 3.96. The number of carbonyl (C=O) groups is 1. The SMILES string of the molecule is CC(=O)Cc1c(F)cc(F)c2c1OCCC2. The first kappa shape index (κ1) is 11.0. The van der Waals surface area contributed by atoms with Crippen LogP contribution in [-0.2, 0) is 17.6 Å². The zero-order valence-electron chi connectivity index (χ0n) is 8.98. The molecule has 0 N–H and O–H groups in total. The van der Waals surface area contributed by atoms with Gasteiger partial charge >= 0.3 is 0 Å². The van der Waals surface area contributed by atoms with Crippen LogP contribution in [0.5, 0.6) is 5.75 Å². The second-order valence-electron chi connectivity index (χ2n) is 3.96. The first-order valence-corrected chi connectivity index (χ1v) is 5.21. The molecule has 1 heterocycles. The fourth-order valence-corrected chi connectivity index (χ4v) is 1.93. The predicted octanol–water partition coefficient (Wildman–Crippen LogP) is 2.42. The topological polar surface area (TPSA) is 26.3 Å². The molecule has 0 radical (unpaired) electrons. The van der Waals surface area contributed by atoms with Crippen molar-refractivity contribution in [3.8, 4) is 5.75 Å². The quantitative estimate of drug-likeness (QED) is 0.774. The summed E-state index contributed by atoms with van der Waals surface area (Å²) in [6, 6.07) is 0.839. The fraction of sp³-hybridized carbons (Fsp3) is 0.417. The Bertz CT molecular complexity index is 441. The number of benzene rings is 1. The van der Waals surface area contributed by atoms with Crippen molar-refractivity contribution in [1.82, 2.24) is 0 Å². The Hall–Kier alpha value is -1.45. The van der Waals surface area contributed by atoms with Crippen molar-refractivity contribution in [2.24, 2.45) is 0 Å². The molecule has 0 fully saturated rings. The molecule has 0 amide bonds. The number of hydrogen-bond acceptors (Lipinski definition) is 2. The molecule has 0 aromatic heterocycles. The normalized spacial score (nSPS) is 14.2. The molecule has 2 rings (SSSR count). The highest BCUT2D eigenvalue weighted by molar-refractivity contribution is 5.79. The molecule has 1 aromatic carbocycles. The average molecular weight is 226 g/mol. The fourth-order valence-electron chi connectivity index (χ4n) is 1.93. The van der Waals surface area contributed by atoms with Crippen LogP contribution in [0.3, 0.4) is 0 Å². The molecule has 2 nitrogen and oxygen atoms in total. The maximum atomic E-state index is 13.5. The summed E-state index contributed by atoms with van der Waals surface area (Å²) in [6.07, 6.45) is 1.20. The minimum Gasteiger partial charge on any atom is -0.493 e. The summed E-state index contributed by atoms with van der Waals surface area (Å²) in [4.78, 5) is 11.0. The van der Waals surface area contributed by atoms with Crippen molar-refractivity contribution in [3.05, 3.63) is 28.8 Å². The molecule has 1 aliphatic rings. The number of Topliss-reactive ketones (excluding diaryl/α,β-unsaturated/α-hetero) is 1. The van der Waals surface area contributed by atoms with Gasteiger partial charge in [-0.25, -0.2) is 8.78 Å². The number of rotatable bonds is 2. The van der Waals surface area contributed by atoms with E-state index in [0.717, 1.165) is 12.5 Å². The molecule has 0 bridgehead atoms. The minimum absolute atomic E-state index is 0.0472. The molecule has 0 saturated heterocycles. The Morgan fingerprint density at radius 2 is 2.19 bits per heavy atom. The monoisotopic (exact) mass is 226 g/mol. The molecule has 0 aliphatic carbocycles. The first-order chi connectivity index (χ1) is 7.59. The van der Waals surface area contributed by atoms with Gasteiger partial charge in [0.05, 0.1) is 6.61 Å². The Balaban J connectivity index is 2.54. The van der Waals surface area contributed by atoms with E-state index in [4.69, 9.17) is 4.74 Å². The number of ether oxygens (including phenoxy) is 1. The second kappa shape index (κ2) is 4.20. The van der Waals surface area contributed by atoms with E-state index in [1.165, 1.54) is 6.92 Å². The minimum atomic E-state index is -0.701. The molecule has 16 heavy (non-hydrogen) atoms. The van der Waals surface area contributed by atoms with Gasteiger partial charge in [0, 0.05) is 23.6 Å². The van der Waals surface area contributed by atoms with Crippen LogP contribution < -0.4 is 4.74 Å². The number of hydrogen-bond donors (Lipinski definition) is 0. The third-order valence-corrected chi connectivity index (χ3v) is 2.62. The van der Waals surface area contributed by atoms with Crippen LogP contribution in [0.1, 0.15) is 24.5 Å². The highest BCUT2D eigenvalue weighted by Gasteiger charge is 2.23. The number of fused-ring (bicyclic) bond motifs is 1. The van der Waals surface area contributed by atoms with E-state index in [-0.39, 0.29) is 23.5 Å². The van der Waals surface area contributed by atoms with E-state index in [2.05, 4.69) is 0 Å². The summed E-state index contributed by atoms with van der Waals surface area (Å²) in [5.41, 5.74) is 0.576. The van der Waals surface area contributed by atoms with E-state index in [1.807, 2.05) is 0 Å². The van der Waals surface area contributed by atoms with Crippen molar-refractivity contribution < 1.29 is 18.3 Å². The number of carbonyl (C=O) groups excluding carboxylic acids is 1. The van der Waals surface area contributed by atoms with Gasteiger partial charge in [-0.2, -0.15) is 0 Å². The molecule has 1 aromatic rings. The van der Waals surface area contributed by atoms with E-state index < -0.39 is 11.6 Å². The van der Waals surface area contributed by atoms with Crippen molar-refractivity contribution in [1.29, 1.82) is 0 Å². The highest BCUT2D eigenvalue weighted by Crippen LogP contribution is 2.33. The summed E-state index contributed by atoms with van der Waals surface area (Å²) in [5.74, 6) is -1.21. The van der Waals surface area contributed by atoms with Gasteiger partial charge in [0.15, 0.2) is 0 Å². The van der Waals surface area contributed by atoms with Gasteiger partial charge in [-0.05, 0) is 19.8 Å². The van der Waals surface area contributed by atoms with Gasteiger partial charge < -0.3 is 4.74 Å². The van der Waals surface area contributed by atoms with E-state index in [1.54, 1.807) is 0 Å². The first-order valence-electron chi connectivity index (χ1n) is 5.21. The standard InChI is InChI=1S/C12H12F2O2/c1-7(15)5-9-11(14)6-10(13)8-3-2-4-16-12(8)9/h6H,2-5H2,1H3. The third kappa shape index (κ3) is 1.92. The highest BCUT2D eigenvalue weighted by atomic mass is 19.1. The Morgan fingerprint density at radius 3 is 2.88 bits per heavy atom. The maximum Gasteiger partial charge on any atom is 0.134 e. The van der Waals surface area contributed by atoms with Gasteiger partial charge in [0.1, 0.15) is 23.2 Å². The van der Waals surface area contributed by atoms with Gasteiger partial charge in [-0.15, -0.1) is 0 Å². The number of ketones is 1. The van der Waals surface area contributed by atoms with Crippen LogP contribution in [0.4, 0.5) is 8.78 Å². The lowest BCUT2D eigenvalue weighted by molar-refractivity contribution is -0.116. The summed E-state index contributed by atoms with van der Waals surface area (Å²) in [7, 11) is 0. The van der Waals surface area contributed by atoms with E-state index >= 15 is 0 Å². The third-order valence-electron chi connectivity index (χ3n) is 2.62. The molecule has 4 heteroatoms. The molecule has 86 valence electrons. The lowest BCUT2D eigenvalue weighted by Gasteiger charge is -2.21. The van der Waals surface area contributed by atoms with Gasteiger partial charge in [-0.3, -0.25) is 4.79 Å². The van der Waals surface area contributed by atoms with Crippen LogP contribution in [-0.4, -0.2) is 12.4 Å². The molecule has 0 unspecified atom stereocenters. The lowest BCUT2D eigenvalue weighted by Crippen LogP contribution is -2.15. The molecular formula is C12H12F2O2. The summed E-state index contributed by atoms with van der Waals surface area (Å²) in [6.45, 7) is 1.82. The van der Waals surface area contributed by atoms with E-state index in [0.29, 0.717) is 18.6 Å². The zero-order valence-corrected chi connectivity index (χ0v) is 8.98. The zero-order chi connectivity index (χ0) is 11.7.